The molecule has 18 heavy (non-hydrogen) atoms. The molecule has 4 nitrogen and oxygen atoms in total. The zero-order valence-corrected chi connectivity index (χ0v) is 11.4. The number of aliphatic carboxylic acids is 1. The maximum absolute atomic E-state index is 13.7. The summed E-state index contributed by atoms with van der Waals surface area (Å²) in [7, 11) is 0. The summed E-state index contributed by atoms with van der Waals surface area (Å²) < 4.78 is 14.3. The zero-order valence-electron chi connectivity index (χ0n) is 9.77. The molecule has 1 atom stereocenters. The third-order valence-corrected chi connectivity index (χ3v) is 2.93. The highest BCUT2D eigenvalue weighted by Crippen LogP contribution is 2.26. The summed E-state index contributed by atoms with van der Waals surface area (Å²) >= 11 is 3.16. The standard InChI is InChI=1S/C12H13BrFNO3/c1-2-5-15(7-16)11(12(17)18)9-6-8(13)3-4-10(9)14/h3-4,6-7,11H,2,5H2,1H3,(H,17,18). The van der Waals surface area contributed by atoms with Gasteiger partial charge < -0.3 is 10.0 Å². The molecule has 1 rings (SSSR count). The number of rotatable bonds is 6. The van der Waals surface area contributed by atoms with Crippen LogP contribution in [-0.4, -0.2) is 28.9 Å². The maximum atomic E-state index is 13.7. The molecule has 0 radical (unpaired) electrons. The number of halogens is 2. The lowest BCUT2D eigenvalue weighted by Crippen LogP contribution is -2.34. The Morgan fingerprint density at radius 3 is 2.78 bits per heavy atom. The first-order valence-electron chi connectivity index (χ1n) is 5.40. The van der Waals surface area contributed by atoms with Gasteiger partial charge in [0.05, 0.1) is 0 Å². The first-order valence-corrected chi connectivity index (χ1v) is 6.19. The van der Waals surface area contributed by atoms with Gasteiger partial charge in [-0.15, -0.1) is 0 Å². The van der Waals surface area contributed by atoms with Crippen LogP contribution in [0.15, 0.2) is 22.7 Å². The van der Waals surface area contributed by atoms with Gasteiger partial charge in [-0.3, -0.25) is 4.79 Å². The van der Waals surface area contributed by atoms with Gasteiger partial charge in [-0.1, -0.05) is 22.9 Å². The van der Waals surface area contributed by atoms with E-state index in [4.69, 9.17) is 0 Å². The second-order valence-corrected chi connectivity index (χ2v) is 4.67. The molecule has 1 amide bonds. The molecule has 0 saturated carbocycles. The van der Waals surface area contributed by atoms with Gasteiger partial charge in [0.25, 0.3) is 0 Å². The van der Waals surface area contributed by atoms with Crippen LogP contribution in [0.5, 0.6) is 0 Å². The average molecular weight is 318 g/mol. The molecule has 0 aliphatic carbocycles. The molecule has 1 N–H and O–H groups in total. The van der Waals surface area contributed by atoms with Crippen LogP contribution in [0.25, 0.3) is 0 Å². The number of amides is 1. The minimum atomic E-state index is -1.31. The number of hydrogen-bond acceptors (Lipinski definition) is 2. The van der Waals surface area contributed by atoms with Crippen LogP contribution in [0.3, 0.4) is 0 Å². The second-order valence-electron chi connectivity index (χ2n) is 3.75. The van der Waals surface area contributed by atoms with Gasteiger partial charge in [-0.05, 0) is 24.6 Å². The van der Waals surface area contributed by atoms with Gasteiger partial charge in [0.1, 0.15) is 5.82 Å². The molecule has 0 fully saturated rings. The Balaban J connectivity index is 3.22. The molecule has 1 aromatic rings. The Morgan fingerprint density at radius 2 is 2.28 bits per heavy atom. The topological polar surface area (TPSA) is 57.6 Å². The minimum absolute atomic E-state index is 0.0302. The predicted octanol–water partition coefficient (Wildman–Crippen LogP) is 2.58. The lowest BCUT2D eigenvalue weighted by atomic mass is 10.0. The molecule has 0 aliphatic heterocycles. The van der Waals surface area contributed by atoms with Crippen LogP contribution in [0.2, 0.25) is 0 Å². The highest BCUT2D eigenvalue weighted by molar-refractivity contribution is 9.10. The number of carboxylic acid groups (broad SMARTS) is 1. The van der Waals surface area contributed by atoms with Crippen LogP contribution < -0.4 is 0 Å². The lowest BCUT2D eigenvalue weighted by Gasteiger charge is -2.25. The largest absolute Gasteiger partial charge is 0.479 e. The summed E-state index contributed by atoms with van der Waals surface area (Å²) in [4.78, 5) is 23.3. The summed E-state index contributed by atoms with van der Waals surface area (Å²) in [5.41, 5.74) is -0.0302. The van der Waals surface area contributed by atoms with Crippen molar-refractivity contribution in [2.24, 2.45) is 0 Å². The van der Waals surface area contributed by atoms with Gasteiger partial charge >= 0.3 is 5.97 Å². The van der Waals surface area contributed by atoms with Crippen LogP contribution in [0.1, 0.15) is 24.9 Å². The van der Waals surface area contributed by atoms with E-state index in [9.17, 15) is 19.1 Å². The van der Waals surface area contributed by atoms with Crippen molar-refractivity contribution in [3.8, 4) is 0 Å². The fourth-order valence-corrected chi connectivity index (χ4v) is 2.06. The third-order valence-electron chi connectivity index (χ3n) is 2.44. The van der Waals surface area contributed by atoms with Crippen molar-refractivity contribution >= 4 is 28.3 Å². The average Bonchev–Trinajstić information content (AvgIpc) is 2.32. The Labute approximate surface area is 113 Å². The number of carboxylic acids is 1. The van der Waals surface area contributed by atoms with E-state index in [1.807, 2.05) is 6.92 Å². The number of hydrogen-bond donors (Lipinski definition) is 1. The molecular weight excluding hydrogens is 305 g/mol. The number of nitrogens with zero attached hydrogens (tertiary/aromatic N) is 1. The quantitative estimate of drug-likeness (QED) is 0.820. The Bertz CT molecular complexity index is 453. The Morgan fingerprint density at radius 1 is 1.61 bits per heavy atom. The molecule has 0 aromatic heterocycles. The first-order chi connectivity index (χ1) is 8.51. The molecule has 0 bridgehead atoms. The summed E-state index contributed by atoms with van der Waals surface area (Å²) in [5, 5.41) is 9.19. The zero-order chi connectivity index (χ0) is 13.7. The summed E-state index contributed by atoms with van der Waals surface area (Å²) in [6.45, 7) is 2.07. The molecule has 0 saturated heterocycles. The Hall–Kier alpha value is -1.43. The van der Waals surface area contributed by atoms with Gasteiger partial charge in [0.2, 0.25) is 6.41 Å². The first kappa shape index (κ1) is 14.6. The summed E-state index contributed by atoms with van der Waals surface area (Å²) in [6, 6.07) is 2.72. The van der Waals surface area contributed by atoms with E-state index < -0.39 is 17.8 Å². The van der Waals surface area contributed by atoms with Gasteiger partial charge in [-0.25, -0.2) is 9.18 Å². The maximum Gasteiger partial charge on any atom is 0.331 e. The summed E-state index contributed by atoms with van der Waals surface area (Å²) in [5.74, 6) is -1.90. The predicted molar refractivity (Wildman–Crippen MR) is 67.5 cm³/mol. The summed E-state index contributed by atoms with van der Waals surface area (Å²) in [6.07, 6.45) is 1.03. The highest BCUT2D eigenvalue weighted by Gasteiger charge is 2.28. The number of benzene rings is 1. The van der Waals surface area contributed by atoms with Crippen LogP contribution in [-0.2, 0) is 9.59 Å². The van der Waals surface area contributed by atoms with Crippen molar-refractivity contribution < 1.29 is 19.1 Å². The highest BCUT2D eigenvalue weighted by atomic mass is 79.9. The van der Waals surface area contributed by atoms with E-state index in [1.165, 1.54) is 18.2 Å². The third kappa shape index (κ3) is 3.29. The lowest BCUT2D eigenvalue weighted by molar-refractivity contribution is -0.146. The van der Waals surface area contributed by atoms with Crippen molar-refractivity contribution in [3.63, 3.8) is 0 Å². The molecule has 0 spiro atoms. The molecule has 0 aliphatic rings. The van der Waals surface area contributed by atoms with Gasteiger partial charge in [-0.2, -0.15) is 0 Å². The second kappa shape index (κ2) is 6.49. The smallest absolute Gasteiger partial charge is 0.331 e. The van der Waals surface area contributed by atoms with E-state index in [0.717, 1.165) is 4.90 Å². The van der Waals surface area contributed by atoms with Crippen LogP contribution in [0, 0.1) is 5.82 Å². The molecule has 6 heteroatoms. The van der Waals surface area contributed by atoms with Gasteiger partial charge in [0, 0.05) is 16.6 Å². The minimum Gasteiger partial charge on any atom is -0.479 e. The van der Waals surface area contributed by atoms with Gasteiger partial charge in [0.15, 0.2) is 6.04 Å². The van der Waals surface area contributed by atoms with Crippen molar-refractivity contribution in [1.29, 1.82) is 0 Å². The monoisotopic (exact) mass is 317 g/mol. The number of carbonyl (C=O) groups is 2. The fraction of sp³-hybridized carbons (Fsp3) is 0.333. The molecule has 0 heterocycles. The van der Waals surface area contributed by atoms with Crippen molar-refractivity contribution in [3.05, 3.63) is 34.1 Å². The van der Waals surface area contributed by atoms with E-state index >= 15 is 0 Å². The SMILES string of the molecule is CCCN(C=O)C(C(=O)O)c1cc(Br)ccc1F. The molecule has 98 valence electrons. The molecule has 1 aromatic carbocycles. The Kier molecular flexibility index (Phi) is 5.27. The van der Waals surface area contributed by atoms with Crippen LogP contribution in [0.4, 0.5) is 4.39 Å². The van der Waals surface area contributed by atoms with E-state index in [0.29, 0.717) is 17.3 Å². The number of carbonyl (C=O) groups excluding carboxylic acids is 1. The molecule has 1 unspecified atom stereocenters. The molecular formula is C12H13BrFNO3. The van der Waals surface area contributed by atoms with E-state index in [-0.39, 0.29) is 12.1 Å². The van der Waals surface area contributed by atoms with E-state index in [2.05, 4.69) is 15.9 Å². The van der Waals surface area contributed by atoms with Crippen molar-refractivity contribution in [2.45, 2.75) is 19.4 Å². The van der Waals surface area contributed by atoms with Crippen molar-refractivity contribution in [1.82, 2.24) is 4.90 Å². The van der Waals surface area contributed by atoms with Crippen molar-refractivity contribution in [2.75, 3.05) is 6.54 Å². The van der Waals surface area contributed by atoms with Crippen LogP contribution >= 0.6 is 15.9 Å². The fourth-order valence-electron chi connectivity index (χ4n) is 1.68. The normalized spacial score (nSPS) is 11.9. The van der Waals surface area contributed by atoms with E-state index in [1.54, 1.807) is 0 Å².